The second-order valence-corrected chi connectivity index (χ2v) is 7.92. The molecule has 1 aliphatic rings. The maximum absolute atomic E-state index is 12.1. The fourth-order valence-electron chi connectivity index (χ4n) is 2.67. The SMILES string of the molecule is COc1ccc(Cl)cc1NC(=O)CCCN=C1NS(=O)(=O)c2ccccc21. The van der Waals surface area contributed by atoms with Gasteiger partial charge in [0.15, 0.2) is 0 Å². The standard InChI is InChI=1S/C18H18ClN3O4S/c1-26-15-9-8-12(19)11-14(15)21-17(23)7-4-10-20-18-13-5-2-3-6-16(13)27(24,25)22-18/h2-3,5-6,8-9,11H,4,7,10H2,1H3,(H,20,22)(H,21,23). The first kappa shape index (κ1) is 19.2. The number of anilines is 1. The van der Waals surface area contributed by atoms with Gasteiger partial charge in [0, 0.05) is 23.6 Å². The number of benzene rings is 2. The summed E-state index contributed by atoms with van der Waals surface area (Å²) in [6.45, 7) is 0.312. The minimum atomic E-state index is -3.55. The average Bonchev–Trinajstić information content (AvgIpc) is 2.90. The lowest BCUT2D eigenvalue weighted by Crippen LogP contribution is -2.22. The van der Waals surface area contributed by atoms with Gasteiger partial charge in [-0.1, -0.05) is 23.7 Å². The lowest BCUT2D eigenvalue weighted by atomic mass is 10.2. The van der Waals surface area contributed by atoms with Gasteiger partial charge in [0.25, 0.3) is 10.0 Å². The summed E-state index contributed by atoms with van der Waals surface area (Å²) in [5.41, 5.74) is 1.05. The number of aliphatic imine (C=N–C) groups is 1. The molecular formula is C18H18ClN3O4S. The van der Waals surface area contributed by atoms with Crippen LogP contribution in [0.2, 0.25) is 5.02 Å². The molecule has 0 aromatic heterocycles. The Balaban J connectivity index is 1.57. The number of carbonyl (C=O) groups is 1. The van der Waals surface area contributed by atoms with Gasteiger partial charge >= 0.3 is 0 Å². The predicted octanol–water partition coefficient (Wildman–Crippen LogP) is 2.81. The van der Waals surface area contributed by atoms with E-state index in [1.807, 2.05) is 0 Å². The number of nitrogens with zero attached hydrogens (tertiary/aromatic N) is 1. The maximum Gasteiger partial charge on any atom is 0.263 e. The van der Waals surface area contributed by atoms with Crippen LogP contribution in [0.4, 0.5) is 5.69 Å². The number of amidine groups is 1. The minimum absolute atomic E-state index is 0.205. The molecule has 0 radical (unpaired) electrons. The van der Waals surface area contributed by atoms with E-state index in [1.165, 1.54) is 13.2 Å². The molecule has 142 valence electrons. The number of nitrogens with one attached hydrogen (secondary N) is 2. The first-order valence-electron chi connectivity index (χ1n) is 8.21. The van der Waals surface area contributed by atoms with Crippen LogP contribution in [0.1, 0.15) is 18.4 Å². The lowest BCUT2D eigenvalue weighted by Gasteiger charge is -2.10. The summed E-state index contributed by atoms with van der Waals surface area (Å²) in [6, 6.07) is 11.6. The number of sulfonamides is 1. The van der Waals surface area contributed by atoms with E-state index in [9.17, 15) is 13.2 Å². The van der Waals surface area contributed by atoms with Crippen molar-refractivity contribution < 1.29 is 17.9 Å². The van der Waals surface area contributed by atoms with Crippen molar-refractivity contribution in [2.75, 3.05) is 19.0 Å². The summed E-state index contributed by atoms with van der Waals surface area (Å²) in [5, 5.41) is 3.24. The fraction of sp³-hybridized carbons (Fsp3) is 0.222. The molecule has 3 rings (SSSR count). The summed E-state index contributed by atoms with van der Waals surface area (Å²) in [6.07, 6.45) is 0.683. The number of hydrogen-bond donors (Lipinski definition) is 2. The summed E-state index contributed by atoms with van der Waals surface area (Å²) in [4.78, 5) is 16.6. The van der Waals surface area contributed by atoms with Gasteiger partial charge in [0.1, 0.15) is 11.6 Å². The third kappa shape index (κ3) is 4.40. The van der Waals surface area contributed by atoms with E-state index in [-0.39, 0.29) is 17.2 Å². The van der Waals surface area contributed by atoms with Crippen molar-refractivity contribution in [3.8, 4) is 5.75 Å². The van der Waals surface area contributed by atoms with Gasteiger partial charge < -0.3 is 10.1 Å². The van der Waals surface area contributed by atoms with E-state index >= 15 is 0 Å². The molecule has 7 nitrogen and oxygen atoms in total. The highest BCUT2D eigenvalue weighted by atomic mass is 35.5. The molecule has 9 heteroatoms. The first-order chi connectivity index (χ1) is 12.9. The largest absolute Gasteiger partial charge is 0.495 e. The molecule has 0 saturated heterocycles. The number of rotatable bonds is 6. The molecule has 2 aromatic carbocycles. The van der Waals surface area contributed by atoms with Crippen LogP contribution in [0.25, 0.3) is 0 Å². The Morgan fingerprint density at radius 2 is 2.04 bits per heavy atom. The van der Waals surface area contributed by atoms with Crippen LogP contribution in [0.3, 0.4) is 0 Å². The van der Waals surface area contributed by atoms with Crippen LogP contribution in [-0.4, -0.2) is 33.8 Å². The number of hydrogen-bond acceptors (Lipinski definition) is 5. The van der Waals surface area contributed by atoms with Crippen molar-refractivity contribution in [1.82, 2.24) is 4.72 Å². The lowest BCUT2D eigenvalue weighted by molar-refractivity contribution is -0.116. The van der Waals surface area contributed by atoms with E-state index < -0.39 is 10.0 Å². The molecule has 0 unspecified atom stereocenters. The summed E-state index contributed by atoms with van der Waals surface area (Å²) >= 11 is 5.94. The zero-order chi connectivity index (χ0) is 19.4. The Labute approximate surface area is 162 Å². The average molecular weight is 408 g/mol. The van der Waals surface area contributed by atoms with E-state index in [4.69, 9.17) is 16.3 Å². The first-order valence-corrected chi connectivity index (χ1v) is 10.1. The zero-order valence-electron chi connectivity index (χ0n) is 14.5. The molecule has 27 heavy (non-hydrogen) atoms. The second-order valence-electron chi connectivity index (χ2n) is 5.83. The highest BCUT2D eigenvalue weighted by molar-refractivity contribution is 7.90. The van der Waals surface area contributed by atoms with Crippen LogP contribution in [0.5, 0.6) is 5.75 Å². The van der Waals surface area contributed by atoms with Gasteiger partial charge in [-0.2, -0.15) is 0 Å². The van der Waals surface area contributed by atoms with Crippen LogP contribution in [-0.2, 0) is 14.8 Å². The van der Waals surface area contributed by atoms with Crippen LogP contribution < -0.4 is 14.8 Å². The van der Waals surface area contributed by atoms with Gasteiger partial charge in [-0.3, -0.25) is 14.5 Å². The highest BCUT2D eigenvalue weighted by Crippen LogP contribution is 2.28. The van der Waals surface area contributed by atoms with Gasteiger partial charge in [-0.05, 0) is 36.8 Å². The monoisotopic (exact) mass is 407 g/mol. The van der Waals surface area contributed by atoms with Crippen molar-refractivity contribution >= 4 is 39.1 Å². The molecule has 2 N–H and O–H groups in total. The third-order valence-corrected chi connectivity index (χ3v) is 5.56. The van der Waals surface area contributed by atoms with E-state index in [0.29, 0.717) is 40.8 Å². The summed E-state index contributed by atoms with van der Waals surface area (Å²) < 4.78 is 31.7. The Morgan fingerprint density at radius 1 is 1.26 bits per heavy atom. The zero-order valence-corrected chi connectivity index (χ0v) is 16.1. The predicted molar refractivity (Wildman–Crippen MR) is 104 cm³/mol. The van der Waals surface area contributed by atoms with Gasteiger partial charge in [0.2, 0.25) is 5.91 Å². The molecule has 0 saturated carbocycles. The number of carbonyl (C=O) groups excluding carboxylic acids is 1. The normalized spacial score (nSPS) is 15.9. The summed E-state index contributed by atoms with van der Waals surface area (Å²) in [5.74, 6) is 0.621. The van der Waals surface area contributed by atoms with Gasteiger partial charge in [-0.25, -0.2) is 8.42 Å². The Hall–Kier alpha value is -2.58. The molecule has 0 fully saturated rings. The van der Waals surface area contributed by atoms with E-state index in [0.717, 1.165) is 0 Å². The molecule has 0 spiro atoms. The van der Waals surface area contributed by atoms with Gasteiger partial charge in [-0.15, -0.1) is 0 Å². The quantitative estimate of drug-likeness (QED) is 0.719. The molecule has 0 atom stereocenters. The number of ether oxygens (including phenoxy) is 1. The van der Waals surface area contributed by atoms with Gasteiger partial charge in [0.05, 0.1) is 17.7 Å². The van der Waals surface area contributed by atoms with Crippen molar-refractivity contribution in [3.05, 3.63) is 53.1 Å². The Kier molecular flexibility index (Phi) is 5.67. The fourth-order valence-corrected chi connectivity index (χ4v) is 4.10. The Bertz CT molecular complexity index is 1010. The molecule has 1 heterocycles. The van der Waals surface area contributed by atoms with E-state index in [1.54, 1.807) is 36.4 Å². The van der Waals surface area contributed by atoms with Crippen molar-refractivity contribution in [3.63, 3.8) is 0 Å². The Morgan fingerprint density at radius 3 is 2.81 bits per heavy atom. The maximum atomic E-state index is 12.1. The molecule has 1 aliphatic heterocycles. The second kappa shape index (κ2) is 7.98. The molecule has 1 amide bonds. The topological polar surface area (TPSA) is 96.9 Å². The molecule has 2 aromatic rings. The third-order valence-electron chi connectivity index (χ3n) is 3.93. The molecule has 0 bridgehead atoms. The molecular weight excluding hydrogens is 390 g/mol. The number of methoxy groups -OCH3 is 1. The van der Waals surface area contributed by atoms with Crippen LogP contribution in [0, 0.1) is 0 Å². The minimum Gasteiger partial charge on any atom is -0.495 e. The summed E-state index contributed by atoms with van der Waals surface area (Å²) in [7, 11) is -2.04. The molecule has 0 aliphatic carbocycles. The highest BCUT2D eigenvalue weighted by Gasteiger charge is 2.29. The van der Waals surface area contributed by atoms with Crippen molar-refractivity contribution in [2.45, 2.75) is 17.7 Å². The van der Waals surface area contributed by atoms with Crippen LogP contribution >= 0.6 is 11.6 Å². The number of halogens is 1. The van der Waals surface area contributed by atoms with E-state index in [2.05, 4.69) is 15.0 Å². The van der Waals surface area contributed by atoms with Crippen LogP contribution in [0.15, 0.2) is 52.4 Å². The number of amides is 1. The van der Waals surface area contributed by atoms with Crippen molar-refractivity contribution in [2.24, 2.45) is 4.99 Å². The smallest absolute Gasteiger partial charge is 0.263 e. The number of fused-ring (bicyclic) bond motifs is 1. The van der Waals surface area contributed by atoms with Crippen molar-refractivity contribution in [1.29, 1.82) is 0 Å².